The summed E-state index contributed by atoms with van der Waals surface area (Å²) >= 11 is 5.72. The van der Waals surface area contributed by atoms with Crippen molar-refractivity contribution >= 4 is 34.4 Å². The Balaban J connectivity index is 2.22. The molecule has 0 unspecified atom stereocenters. The lowest BCUT2D eigenvalue weighted by Crippen LogP contribution is -2.16. The van der Waals surface area contributed by atoms with Gasteiger partial charge in [0.2, 0.25) is 11.2 Å². The Hall–Kier alpha value is -1.89. The second kappa shape index (κ2) is 4.31. The number of aromatic nitrogens is 4. The molecule has 0 atom stereocenters. The van der Waals surface area contributed by atoms with Crippen LogP contribution in [0.3, 0.4) is 0 Å². The first kappa shape index (κ1) is 10.6. The standard InChI is InChI=1S/C8H9ClN6O/c9-8-13-6(11-2-1-5(10)16)4-3-12-15-7(4)14-8/h3H,1-2H2,(H2,10,16)(H2,11,12,13,14,15). The van der Waals surface area contributed by atoms with Crippen LogP contribution in [-0.2, 0) is 4.79 Å². The Bertz CT molecular complexity index is 524. The minimum atomic E-state index is -0.379. The molecule has 16 heavy (non-hydrogen) atoms. The maximum absolute atomic E-state index is 10.6. The molecule has 0 aliphatic carbocycles. The van der Waals surface area contributed by atoms with E-state index in [0.717, 1.165) is 0 Å². The molecule has 1 amide bonds. The van der Waals surface area contributed by atoms with E-state index < -0.39 is 0 Å². The van der Waals surface area contributed by atoms with Crippen molar-refractivity contribution in [1.29, 1.82) is 0 Å². The summed E-state index contributed by atoms with van der Waals surface area (Å²) in [6, 6.07) is 0. The molecule has 0 saturated heterocycles. The van der Waals surface area contributed by atoms with Crippen molar-refractivity contribution in [2.75, 3.05) is 11.9 Å². The van der Waals surface area contributed by atoms with Crippen molar-refractivity contribution in [1.82, 2.24) is 20.2 Å². The second-order valence-electron chi connectivity index (χ2n) is 3.12. The first-order chi connectivity index (χ1) is 7.66. The number of nitrogens with two attached hydrogens (primary N) is 1. The molecule has 7 nitrogen and oxygen atoms in total. The Morgan fingerprint density at radius 1 is 1.56 bits per heavy atom. The lowest BCUT2D eigenvalue weighted by Gasteiger charge is -2.04. The summed E-state index contributed by atoms with van der Waals surface area (Å²) < 4.78 is 0. The average Bonchev–Trinajstić information content (AvgIpc) is 2.64. The van der Waals surface area contributed by atoms with Crippen molar-refractivity contribution in [2.24, 2.45) is 5.73 Å². The summed E-state index contributed by atoms with van der Waals surface area (Å²) in [5.41, 5.74) is 5.57. The summed E-state index contributed by atoms with van der Waals surface area (Å²) in [4.78, 5) is 18.5. The van der Waals surface area contributed by atoms with Crippen molar-refractivity contribution < 1.29 is 4.79 Å². The predicted octanol–water partition coefficient (Wildman–Crippen LogP) is 0.294. The zero-order valence-corrected chi connectivity index (χ0v) is 8.95. The highest BCUT2D eigenvalue weighted by molar-refractivity contribution is 6.28. The number of hydrogen-bond acceptors (Lipinski definition) is 5. The van der Waals surface area contributed by atoms with Gasteiger partial charge < -0.3 is 11.1 Å². The van der Waals surface area contributed by atoms with E-state index in [9.17, 15) is 4.79 Å². The minimum absolute atomic E-state index is 0.110. The molecule has 2 heterocycles. The molecule has 0 aromatic carbocycles. The highest BCUT2D eigenvalue weighted by Crippen LogP contribution is 2.19. The normalized spacial score (nSPS) is 10.6. The van der Waals surface area contributed by atoms with E-state index in [-0.39, 0.29) is 17.6 Å². The van der Waals surface area contributed by atoms with Crippen LogP contribution in [0.2, 0.25) is 5.28 Å². The number of nitrogens with one attached hydrogen (secondary N) is 2. The second-order valence-corrected chi connectivity index (χ2v) is 3.45. The first-order valence-electron chi connectivity index (χ1n) is 4.55. The first-order valence-corrected chi connectivity index (χ1v) is 4.93. The van der Waals surface area contributed by atoms with E-state index in [0.29, 0.717) is 23.4 Å². The molecule has 84 valence electrons. The molecule has 0 fully saturated rings. The summed E-state index contributed by atoms with van der Waals surface area (Å²) in [7, 11) is 0. The number of aromatic amines is 1. The fourth-order valence-corrected chi connectivity index (χ4v) is 1.42. The topological polar surface area (TPSA) is 110 Å². The van der Waals surface area contributed by atoms with Gasteiger partial charge in [-0.05, 0) is 11.6 Å². The fourth-order valence-electron chi connectivity index (χ4n) is 1.25. The smallest absolute Gasteiger partial charge is 0.226 e. The van der Waals surface area contributed by atoms with Gasteiger partial charge in [0.25, 0.3) is 0 Å². The number of hydrogen-bond donors (Lipinski definition) is 3. The molecule has 0 radical (unpaired) electrons. The average molecular weight is 241 g/mol. The van der Waals surface area contributed by atoms with Crippen LogP contribution in [0.15, 0.2) is 6.20 Å². The largest absolute Gasteiger partial charge is 0.370 e. The highest BCUT2D eigenvalue weighted by atomic mass is 35.5. The van der Waals surface area contributed by atoms with E-state index in [1.54, 1.807) is 6.20 Å². The molecule has 0 saturated carbocycles. The van der Waals surface area contributed by atoms with E-state index in [2.05, 4.69) is 25.5 Å². The molecule has 0 aliphatic heterocycles. The number of rotatable bonds is 4. The van der Waals surface area contributed by atoms with Gasteiger partial charge in [-0.15, -0.1) is 0 Å². The maximum Gasteiger partial charge on any atom is 0.226 e. The molecule has 0 spiro atoms. The van der Waals surface area contributed by atoms with Gasteiger partial charge in [0.15, 0.2) is 5.65 Å². The van der Waals surface area contributed by atoms with E-state index in [1.165, 1.54) is 0 Å². The van der Waals surface area contributed by atoms with Crippen molar-refractivity contribution in [2.45, 2.75) is 6.42 Å². The Labute approximate surface area is 95.4 Å². The maximum atomic E-state index is 10.6. The number of carbonyl (C=O) groups excluding carboxylic acids is 1. The van der Waals surface area contributed by atoms with Crippen LogP contribution in [0.25, 0.3) is 11.0 Å². The van der Waals surface area contributed by atoms with Crippen LogP contribution >= 0.6 is 11.6 Å². The van der Waals surface area contributed by atoms with Crippen LogP contribution < -0.4 is 11.1 Å². The molecule has 2 aromatic heterocycles. The minimum Gasteiger partial charge on any atom is -0.370 e. The number of amides is 1. The molecule has 8 heteroatoms. The summed E-state index contributed by atoms with van der Waals surface area (Å²) in [6.07, 6.45) is 1.80. The number of anilines is 1. The van der Waals surface area contributed by atoms with Gasteiger partial charge in [0, 0.05) is 13.0 Å². The summed E-state index contributed by atoms with van der Waals surface area (Å²) in [6.45, 7) is 0.392. The Morgan fingerprint density at radius 2 is 2.38 bits per heavy atom. The van der Waals surface area contributed by atoms with Crippen molar-refractivity contribution in [3.05, 3.63) is 11.5 Å². The van der Waals surface area contributed by atoms with Gasteiger partial charge in [0.05, 0.1) is 11.6 Å². The third-order valence-corrected chi connectivity index (χ3v) is 2.12. The van der Waals surface area contributed by atoms with Crippen molar-refractivity contribution in [3.8, 4) is 0 Å². The molecule has 2 aromatic rings. The Morgan fingerprint density at radius 3 is 3.12 bits per heavy atom. The van der Waals surface area contributed by atoms with Crippen LogP contribution in [0.1, 0.15) is 6.42 Å². The van der Waals surface area contributed by atoms with E-state index in [1.807, 2.05) is 0 Å². The predicted molar refractivity (Wildman–Crippen MR) is 59.0 cm³/mol. The van der Waals surface area contributed by atoms with Gasteiger partial charge in [0.1, 0.15) is 5.82 Å². The molecular formula is C8H9ClN6O. The summed E-state index contributed by atoms with van der Waals surface area (Å²) in [5, 5.41) is 10.3. The zero-order chi connectivity index (χ0) is 11.5. The van der Waals surface area contributed by atoms with Crippen LogP contribution in [0, 0.1) is 0 Å². The zero-order valence-electron chi connectivity index (χ0n) is 8.20. The summed E-state index contributed by atoms with van der Waals surface area (Å²) in [5.74, 6) is 0.154. The fraction of sp³-hybridized carbons (Fsp3) is 0.250. The van der Waals surface area contributed by atoms with Crippen LogP contribution in [0.4, 0.5) is 5.82 Å². The number of carbonyl (C=O) groups is 1. The number of fused-ring (bicyclic) bond motifs is 1. The van der Waals surface area contributed by atoms with Crippen LogP contribution in [0.5, 0.6) is 0 Å². The monoisotopic (exact) mass is 240 g/mol. The lowest BCUT2D eigenvalue weighted by molar-refractivity contribution is -0.117. The number of primary amides is 1. The van der Waals surface area contributed by atoms with E-state index in [4.69, 9.17) is 17.3 Å². The van der Waals surface area contributed by atoms with Gasteiger partial charge in [-0.2, -0.15) is 15.1 Å². The van der Waals surface area contributed by atoms with Gasteiger partial charge in [-0.1, -0.05) is 0 Å². The number of halogens is 1. The Kier molecular flexibility index (Phi) is 2.86. The van der Waals surface area contributed by atoms with Gasteiger partial charge in [-0.25, -0.2) is 0 Å². The highest BCUT2D eigenvalue weighted by Gasteiger charge is 2.07. The number of nitrogens with zero attached hydrogens (tertiary/aromatic N) is 3. The quantitative estimate of drug-likeness (QED) is 0.666. The molecular weight excluding hydrogens is 232 g/mol. The van der Waals surface area contributed by atoms with Crippen LogP contribution in [-0.4, -0.2) is 32.6 Å². The van der Waals surface area contributed by atoms with E-state index >= 15 is 0 Å². The third-order valence-electron chi connectivity index (χ3n) is 1.95. The van der Waals surface area contributed by atoms with Crippen molar-refractivity contribution in [3.63, 3.8) is 0 Å². The van der Waals surface area contributed by atoms with Gasteiger partial charge in [-0.3, -0.25) is 9.89 Å². The lowest BCUT2D eigenvalue weighted by atomic mass is 10.3. The molecule has 0 bridgehead atoms. The van der Waals surface area contributed by atoms with Gasteiger partial charge >= 0.3 is 0 Å². The SMILES string of the molecule is NC(=O)CCNc1nc(Cl)nc2[nH]ncc12. The molecule has 0 aliphatic rings. The molecule has 4 N–H and O–H groups in total. The molecule has 2 rings (SSSR count). The number of H-pyrrole nitrogens is 1. The third kappa shape index (κ3) is 2.19.